The van der Waals surface area contributed by atoms with Crippen molar-refractivity contribution in [1.29, 1.82) is 0 Å². The molecule has 0 aliphatic carbocycles. The predicted octanol–water partition coefficient (Wildman–Crippen LogP) is -0.290. The number of hydrogen-bond acceptors (Lipinski definition) is 6. The summed E-state index contributed by atoms with van der Waals surface area (Å²) in [5.41, 5.74) is 0. The molecule has 1 N–H and O–H groups in total. The van der Waals surface area contributed by atoms with Crippen molar-refractivity contribution in [2.45, 2.75) is 6.73 Å². The molecular formula is C8H13N3O4S. The quantitative estimate of drug-likeness (QED) is 0.322. The second-order valence-electron chi connectivity index (χ2n) is 3.17. The van der Waals surface area contributed by atoms with Crippen LogP contribution in [0.5, 0.6) is 0 Å². The molecule has 0 amide bonds. The van der Waals surface area contributed by atoms with E-state index in [4.69, 9.17) is 9.94 Å². The SMILES string of the molecule is CS(=O)(=O)CCOCn1ccnc1/C=N\O. The number of rotatable bonds is 6. The average molecular weight is 247 g/mol. The molecular weight excluding hydrogens is 234 g/mol. The summed E-state index contributed by atoms with van der Waals surface area (Å²) in [5.74, 6) is 0.410. The third-order valence-electron chi connectivity index (χ3n) is 1.75. The van der Waals surface area contributed by atoms with Crippen molar-refractivity contribution in [2.75, 3.05) is 18.6 Å². The number of imidazole rings is 1. The van der Waals surface area contributed by atoms with Crippen molar-refractivity contribution in [1.82, 2.24) is 9.55 Å². The molecule has 1 heterocycles. The molecule has 1 aromatic heterocycles. The highest BCUT2D eigenvalue weighted by atomic mass is 32.2. The van der Waals surface area contributed by atoms with Crippen LogP contribution >= 0.6 is 0 Å². The zero-order valence-electron chi connectivity index (χ0n) is 8.78. The molecule has 7 nitrogen and oxygen atoms in total. The van der Waals surface area contributed by atoms with Gasteiger partial charge in [0, 0.05) is 18.6 Å². The van der Waals surface area contributed by atoms with E-state index in [1.54, 1.807) is 10.8 Å². The first-order chi connectivity index (χ1) is 7.53. The Labute approximate surface area is 93.3 Å². The number of sulfone groups is 1. The van der Waals surface area contributed by atoms with E-state index in [1.807, 2.05) is 0 Å². The predicted molar refractivity (Wildman–Crippen MR) is 57.3 cm³/mol. The van der Waals surface area contributed by atoms with Crippen molar-refractivity contribution in [3.63, 3.8) is 0 Å². The molecule has 0 unspecified atom stereocenters. The monoisotopic (exact) mass is 247 g/mol. The van der Waals surface area contributed by atoms with E-state index >= 15 is 0 Å². The summed E-state index contributed by atoms with van der Waals surface area (Å²) in [5, 5.41) is 11.2. The number of oxime groups is 1. The lowest BCUT2D eigenvalue weighted by atomic mass is 10.6. The Hall–Kier alpha value is -1.41. The maximum Gasteiger partial charge on any atom is 0.156 e. The molecule has 0 aromatic carbocycles. The van der Waals surface area contributed by atoms with Gasteiger partial charge in [0.2, 0.25) is 0 Å². The topological polar surface area (TPSA) is 93.8 Å². The molecule has 0 aliphatic heterocycles. The first-order valence-corrected chi connectivity index (χ1v) is 6.53. The smallest absolute Gasteiger partial charge is 0.156 e. The van der Waals surface area contributed by atoms with Gasteiger partial charge in [-0.25, -0.2) is 13.4 Å². The second-order valence-corrected chi connectivity index (χ2v) is 5.43. The van der Waals surface area contributed by atoms with E-state index in [0.717, 1.165) is 6.26 Å². The van der Waals surface area contributed by atoms with Gasteiger partial charge in [-0.1, -0.05) is 5.16 Å². The lowest BCUT2D eigenvalue weighted by Gasteiger charge is -2.05. The summed E-state index contributed by atoms with van der Waals surface area (Å²) in [6.07, 6.45) is 5.48. The fourth-order valence-corrected chi connectivity index (χ4v) is 1.40. The third-order valence-corrected chi connectivity index (χ3v) is 2.66. The lowest BCUT2D eigenvalue weighted by Crippen LogP contribution is -2.13. The van der Waals surface area contributed by atoms with Gasteiger partial charge in [0.1, 0.15) is 22.8 Å². The van der Waals surface area contributed by atoms with Crippen LogP contribution in [0, 0.1) is 0 Å². The van der Waals surface area contributed by atoms with E-state index in [0.29, 0.717) is 5.82 Å². The molecule has 8 heteroatoms. The van der Waals surface area contributed by atoms with Crippen LogP contribution in [0.2, 0.25) is 0 Å². The van der Waals surface area contributed by atoms with Crippen LogP contribution in [0.25, 0.3) is 0 Å². The van der Waals surface area contributed by atoms with Gasteiger partial charge in [-0.05, 0) is 0 Å². The Bertz CT molecular complexity index is 452. The first kappa shape index (κ1) is 12.7. The van der Waals surface area contributed by atoms with Crippen molar-refractivity contribution < 1.29 is 18.4 Å². The van der Waals surface area contributed by atoms with Gasteiger partial charge in [0.15, 0.2) is 5.82 Å². The normalized spacial score (nSPS) is 12.3. The minimum Gasteiger partial charge on any atom is -0.411 e. The molecule has 0 fully saturated rings. The van der Waals surface area contributed by atoms with Gasteiger partial charge in [-0.3, -0.25) is 0 Å². The van der Waals surface area contributed by atoms with Gasteiger partial charge in [0.05, 0.1) is 12.4 Å². The van der Waals surface area contributed by atoms with E-state index in [-0.39, 0.29) is 19.1 Å². The van der Waals surface area contributed by atoms with Gasteiger partial charge in [-0.2, -0.15) is 0 Å². The molecule has 0 saturated carbocycles. The van der Waals surface area contributed by atoms with Crippen molar-refractivity contribution in [2.24, 2.45) is 5.16 Å². The number of aromatic nitrogens is 2. The minimum atomic E-state index is -3.00. The van der Waals surface area contributed by atoms with Crippen LogP contribution in [-0.2, 0) is 21.3 Å². The van der Waals surface area contributed by atoms with E-state index in [1.165, 1.54) is 12.4 Å². The molecule has 0 saturated heterocycles. The standard InChI is InChI=1S/C8H13N3O4S/c1-16(13,14)5-4-15-7-11-3-2-9-8(11)6-10-12/h2-3,6,12H,4-5,7H2,1H3/b10-6-. The number of hydrogen-bond donors (Lipinski definition) is 1. The summed E-state index contributed by atoms with van der Waals surface area (Å²) in [4.78, 5) is 3.89. The Balaban J connectivity index is 2.40. The van der Waals surface area contributed by atoms with Crippen LogP contribution in [0.4, 0.5) is 0 Å². The Morgan fingerprint density at radius 2 is 2.44 bits per heavy atom. The Morgan fingerprint density at radius 3 is 3.06 bits per heavy atom. The molecule has 0 radical (unpaired) electrons. The van der Waals surface area contributed by atoms with Crippen LogP contribution in [0.3, 0.4) is 0 Å². The summed E-state index contributed by atoms with van der Waals surface area (Å²) in [6.45, 7) is 0.281. The highest BCUT2D eigenvalue weighted by Gasteiger charge is 2.03. The van der Waals surface area contributed by atoms with Crippen LogP contribution < -0.4 is 0 Å². The summed E-state index contributed by atoms with van der Waals surface area (Å²) in [7, 11) is -3.00. The van der Waals surface area contributed by atoms with Gasteiger partial charge < -0.3 is 14.5 Å². The van der Waals surface area contributed by atoms with E-state index < -0.39 is 9.84 Å². The number of ether oxygens (including phenoxy) is 1. The van der Waals surface area contributed by atoms with Crippen molar-refractivity contribution >= 4 is 16.1 Å². The van der Waals surface area contributed by atoms with Crippen molar-refractivity contribution in [3.05, 3.63) is 18.2 Å². The minimum absolute atomic E-state index is 0.0227. The number of nitrogens with zero attached hydrogens (tertiary/aromatic N) is 3. The fourth-order valence-electron chi connectivity index (χ4n) is 0.982. The first-order valence-electron chi connectivity index (χ1n) is 4.47. The Kier molecular flexibility index (Phi) is 4.44. The molecule has 0 atom stereocenters. The highest BCUT2D eigenvalue weighted by Crippen LogP contribution is 1.95. The maximum absolute atomic E-state index is 10.8. The molecule has 1 aromatic rings. The molecule has 0 spiro atoms. The van der Waals surface area contributed by atoms with Crippen LogP contribution in [0.1, 0.15) is 5.82 Å². The van der Waals surface area contributed by atoms with Crippen LogP contribution in [-0.4, -0.2) is 48.0 Å². The average Bonchev–Trinajstić information content (AvgIpc) is 2.60. The lowest BCUT2D eigenvalue weighted by molar-refractivity contribution is 0.0888. The molecule has 0 bridgehead atoms. The van der Waals surface area contributed by atoms with E-state index in [2.05, 4.69) is 10.1 Å². The summed E-state index contributed by atoms with van der Waals surface area (Å²) < 4.78 is 28.3. The highest BCUT2D eigenvalue weighted by molar-refractivity contribution is 7.90. The molecule has 90 valence electrons. The van der Waals surface area contributed by atoms with Gasteiger partial charge in [0.25, 0.3) is 0 Å². The molecule has 16 heavy (non-hydrogen) atoms. The zero-order valence-corrected chi connectivity index (χ0v) is 9.59. The van der Waals surface area contributed by atoms with Crippen molar-refractivity contribution in [3.8, 4) is 0 Å². The van der Waals surface area contributed by atoms with Crippen LogP contribution in [0.15, 0.2) is 17.5 Å². The third kappa shape index (κ3) is 4.41. The van der Waals surface area contributed by atoms with E-state index in [9.17, 15) is 8.42 Å². The Morgan fingerprint density at radius 1 is 1.69 bits per heavy atom. The molecule has 1 rings (SSSR count). The largest absolute Gasteiger partial charge is 0.411 e. The molecule has 0 aliphatic rings. The summed E-state index contributed by atoms with van der Waals surface area (Å²) >= 11 is 0. The van der Waals surface area contributed by atoms with Gasteiger partial charge >= 0.3 is 0 Å². The zero-order chi connectivity index (χ0) is 12.0. The maximum atomic E-state index is 10.8. The second kappa shape index (κ2) is 5.61. The van der Waals surface area contributed by atoms with Gasteiger partial charge in [-0.15, -0.1) is 0 Å². The fraction of sp³-hybridized carbons (Fsp3) is 0.500. The summed E-state index contributed by atoms with van der Waals surface area (Å²) in [6, 6.07) is 0.